The van der Waals surface area contributed by atoms with E-state index < -0.39 is 0 Å². The summed E-state index contributed by atoms with van der Waals surface area (Å²) in [4.78, 5) is 0. The Morgan fingerprint density at radius 2 is 1.63 bits per heavy atom. The molecule has 0 aliphatic rings. The molecule has 0 bridgehead atoms. The van der Waals surface area contributed by atoms with Gasteiger partial charge in [0.05, 0.1) is 0 Å². The average molecular weight is 268 g/mol. The SMILES string of the molecule is C.CC.CC.CCC(C)CCc1ccc(C)cc1N. The van der Waals surface area contributed by atoms with E-state index >= 15 is 0 Å². The summed E-state index contributed by atoms with van der Waals surface area (Å²) in [6.07, 6.45) is 3.61. The van der Waals surface area contributed by atoms with Crippen molar-refractivity contribution in [1.29, 1.82) is 0 Å². The van der Waals surface area contributed by atoms with Crippen LogP contribution in [0, 0.1) is 12.8 Å². The highest BCUT2D eigenvalue weighted by Gasteiger charge is 2.02. The monoisotopic (exact) mass is 267 g/mol. The van der Waals surface area contributed by atoms with Crippen LogP contribution in [0.2, 0.25) is 0 Å². The minimum absolute atomic E-state index is 0. The number of hydrogen-bond donors (Lipinski definition) is 1. The second-order valence-corrected chi connectivity index (χ2v) is 4.25. The van der Waals surface area contributed by atoms with Crippen LogP contribution in [0.15, 0.2) is 18.2 Å². The van der Waals surface area contributed by atoms with Crippen molar-refractivity contribution >= 4 is 5.69 Å². The fourth-order valence-electron chi connectivity index (χ4n) is 1.55. The highest BCUT2D eigenvalue weighted by Crippen LogP contribution is 2.18. The molecule has 0 saturated carbocycles. The van der Waals surface area contributed by atoms with Crippen LogP contribution in [-0.4, -0.2) is 0 Å². The van der Waals surface area contributed by atoms with Gasteiger partial charge in [-0.15, -0.1) is 0 Å². The Morgan fingerprint density at radius 3 is 2.05 bits per heavy atom. The third-order valence-electron chi connectivity index (χ3n) is 2.90. The van der Waals surface area contributed by atoms with Crippen molar-refractivity contribution in [3.8, 4) is 0 Å². The third-order valence-corrected chi connectivity index (χ3v) is 2.90. The molecule has 1 nitrogen and oxygen atoms in total. The quantitative estimate of drug-likeness (QED) is 0.641. The number of hydrogen-bond acceptors (Lipinski definition) is 1. The van der Waals surface area contributed by atoms with E-state index in [4.69, 9.17) is 5.73 Å². The van der Waals surface area contributed by atoms with Crippen LogP contribution in [0.4, 0.5) is 5.69 Å². The summed E-state index contributed by atoms with van der Waals surface area (Å²) in [6, 6.07) is 6.36. The van der Waals surface area contributed by atoms with Crippen LogP contribution >= 0.6 is 0 Å². The standard InChI is InChI=1S/C13H21N.2C2H6.CH4/c1-4-10(2)5-7-12-8-6-11(3)9-13(12)14;2*1-2;/h6,8-10H,4-5,7,14H2,1-3H3;2*1-2H3;1H4. The van der Waals surface area contributed by atoms with Gasteiger partial charge in [-0.1, -0.05) is 67.5 Å². The molecular weight excluding hydrogens is 230 g/mol. The summed E-state index contributed by atoms with van der Waals surface area (Å²) in [7, 11) is 0. The van der Waals surface area contributed by atoms with Gasteiger partial charge in [-0.3, -0.25) is 0 Å². The lowest BCUT2D eigenvalue weighted by atomic mass is 9.97. The molecule has 0 spiro atoms. The van der Waals surface area contributed by atoms with E-state index in [9.17, 15) is 0 Å². The lowest BCUT2D eigenvalue weighted by molar-refractivity contribution is 0.517. The first-order chi connectivity index (χ1) is 8.63. The molecule has 1 heteroatoms. The molecule has 0 heterocycles. The van der Waals surface area contributed by atoms with Gasteiger partial charge in [0.15, 0.2) is 0 Å². The average Bonchev–Trinajstić information content (AvgIpc) is 2.42. The molecule has 0 aliphatic heterocycles. The molecule has 1 aromatic rings. The number of anilines is 1. The summed E-state index contributed by atoms with van der Waals surface area (Å²) < 4.78 is 0. The number of aryl methyl sites for hydroxylation is 2. The Balaban J connectivity index is -0.000000467. The first kappa shape index (κ1) is 23.1. The van der Waals surface area contributed by atoms with Gasteiger partial charge in [0.2, 0.25) is 0 Å². The number of nitrogen functional groups attached to an aromatic ring is 1. The molecule has 0 radical (unpaired) electrons. The fraction of sp³-hybridized carbons (Fsp3) is 0.667. The zero-order valence-corrected chi connectivity index (χ0v) is 13.5. The number of nitrogens with two attached hydrogens (primary N) is 1. The van der Waals surface area contributed by atoms with E-state index in [2.05, 4.69) is 39.0 Å². The molecular formula is C18H37N. The Bertz CT molecular complexity index is 292. The van der Waals surface area contributed by atoms with Gasteiger partial charge in [-0.25, -0.2) is 0 Å². The van der Waals surface area contributed by atoms with E-state index in [1.807, 2.05) is 27.7 Å². The van der Waals surface area contributed by atoms with Crippen molar-refractivity contribution in [3.63, 3.8) is 0 Å². The van der Waals surface area contributed by atoms with Crippen LogP contribution in [0.5, 0.6) is 0 Å². The zero-order chi connectivity index (χ0) is 14.6. The van der Waals surface area contributed by atoms with Crippen molar-refractivity contribution < 1.29 is 0 Å². The molecule has 0 fully saturated rings. The lowest BCUT2D eigenvalue weighted by Gasteiger charge is -2.10. The lowest BCUT2D eigenvalue weighted by Crippen LogP contribution is -1.99. The summed E-state index contributed by atoms with van der Waals surface area (Å²) in [6.45, 7) is 14.6. The summed E-state index contributed by atoms with van der Waals surface area (Å²) in [5.74, 6) is 0.802. The van der Waals surface area contributed by atoms with Crippen molar-refractivity contribution in [2.45, 2.75) is 75.2 Å². The van der Waals surface area contributed by atoms with E-state index in [-0.39, 0.29) is 7.43 Å². The smallest absolute Gasteiger partial charge is 0.0349 e. The second-order valence-electron chi connectivity index (χ2n) is 4.25. The summed E-state index contributed by atoms with van der Waals surface area (Å²) in [5, 5.41) is 0. The normalized spacial score (nSPS) is 10.1. The Labute approximate surface area is 122 Å². The fourth-order valence-corrected chi connectivity index (χ4v) is 1.55. The Hall–Kier alpha value is -0.980. The van der Waals surface area contributed by atoms with Gasteiger partial charge in [0.25, 0.3) is 0 Å². The first-order valence-corrected chi connectivity index (χ1v) is 7.48. The maximum absolute atomic E-state index is 5.95. The van der Waals surface area contributed by atoms with Crippen LogP contribution < -0.4 is 5.73 Å². The maximum Gasteiger partial charge on any atom is 0.0349 e. The minimum atomic E-state index is 0. The summed E-state index contributed by atoms with van der Waals surface area (Å²) in [5.41, 5.74) is 9.45. The largest absolute Gasteiger partial charge is 0.398 e. The van der Waals surface area contributed by atoms with Crippen LogP contribution in [0.25, 0.3) is 0 Å². The van der Waals surface area contributed by atoms with Crippen LogP contribution in [0.1, 0.15) is 72.9 Å². The van der Waals surface area contributed by atoms with E-state index in [1.165, 1.54) is 24.0 Å². The first-order valence-electron chi connectivity index (χ1n) is 7.48. The predicted octanol–water partition coefficient (Wildman–Crippen LogP) is 6.24. The molecule has 2 N–H and O–H groups in total. The Morgan fingerprint density at radius 1 is 1.11 bits per heavy atom. The molecule has 1 aromatic carbocycles. The molecule has 114 valence electrons. The van der Waals surface area contributed by atoms with E-state index in [0.717, 1.165) is 18.0 Å². The minimum Gasteiger partial charge on any atom is -0.398 e. The Kier molecular flexibility index (Phi) is 18.4. The number of benzene rings is 1. The highest BCUT2D eigenvalue weighted by molar-refractivity contribution is 5.48. The van der Waals surface area contributed by atoms with Gasteiger partial charge in [-0.05, 0) is 42.9 Å². The molecule has 19 heavy (non-hydrogen) atoms. The molecule has 0 amide bonds. The topological polar surface area (TPSA) is 26.0 Å². The van der Waals surface area contributed by atoms with Gasteiger partial charge >= 0.3 is 0 Å². The molecule has 0 aliphatic carbocycles. The predicted molar refractivity (Wildman–Crippen MR) is 92.8 cm³/mol. The van der Waals surface area contributed by atoms with Crippen molar-refractivity contribution in [1.82, 2.24) is 0 Å². The van der Waals surface area contributed by atoms with E-state index in [1.54, 1.807) is 0 Å². The molecule has 1 atom stereocenters. The van der Waals surface area contributed by atoms with E-state index in [0.29, 0.717) is 0 Å². The van der Waals surface area contributed by atoms with Crippen LogP contribution in [-0.2, 0) is 6.42 Å². The zero-order valence-electron chi connectivity index (χ0n) is 13.5. The van der Waals surface area contributed by atoms with Crippen molar-refractivity contribution in [3.05, 3.63) is 29.3 Å². The third kappa shape index (κ3) is 10.6. The van der Waals surface area contributed by atoms with Gasteiger partial charge in [-0.2, -0.15) is 0 Å². The second kappa shape index (κ2) is 15.1. The van der Waals surface area contributed by atoms with Crippen LogP contribution in [0.3, 0.4) is 0 Å². The molecule has 1 unspecified atom stereocenters. The highest BCUT2D eigenvalue weighted by atomic mass is 14.6. The van der Waals surface area contributed by atoms with Crippen molar-refractivity contribution in [2.24, 2.45) is 5.92 Å². The van der Waals surface area contributed by atoms with Crippen molar-refractivity contribution in [2.75, 3.05) is 5.73 Å². The molecule has 1 rings (SSSR count). The van der Waals surface area contributed by atoms with Gasteiger partial charge < -0.3 is 5.73 Å². The maximum atomic E-state index is 5.95. The summed E-state index contributed by atoms with van der Waals surface area (Å²) >= 11 is 0. The number of rotatable bonds is 4. The van der Waals surface area contributed by atoms with Gasteiger partial charge in [0, 0.05) is 5.69 Å². The van der Waals surface area contributed by atoms with Gasteiger partial charge in [0.1, 0.15) is 0 Å². The molecule has 0 saturated heterocycles. The molecule has 0 aromatic heterocycles.